The molecule has 0 saturated heterocycles. The third-order valence-electron chi connectivity index (χ3n) is 5.97. The lowest BCUT2D eigenvalue weighted by Crippen LogP contribution is -2.59. The maximum atomic E-state index is 14.8. The lowest BCUT2D eigenvalue weighted by molar-refractivity contribution is -0.201. The summed E-state index contributed by atoms with van der Waals surface area (Å²) in [6, 6.07) is 7.91. The maximum Gasteiger partial charge on any atom is 0.416 e. The number of amides is 1. The Bertz CT molecular complexity index is 1390. The predicted octanol–water partition coefficient (Wildman–Crippen LogP) is 4.66. The number of halogens is 6. The molecule has 1 aliphatic rings. The zero-order chi connectivity index (χ0) is 27.7. The summed E-state index contributed by atoms with van der Waals surface area (Å²) < 4.78 is 87.0. The number of H-pyrrole nitrogens is 1. The lowest BCUT2D eigenvalue weighted by Gasteiger charge is -2.41. The summed E-state index contributed by atoms with van der Waals surface area (Å²) in [5, 5.41) is 11.0. The number of benzene rings is 1. The molecule has 8 nitrogen and oxygen atoms in total. The minimum absolute atomic E-state index is 0.0424. The first-order chi connectivity index (χ1) is 17.8. The average Bonchev–Trinajstić information content (AvgIpc) is 3.49. The predicted molar refractivity (Wildman–Crippen MR) is 125 cm³/mol. The molecule has 3 aromatic rings. The van der Waals surface area contributed by atoms with Gasteiger partial charge in [0.25, 0.3) is 5.91 Å². The van der Waals surface area contributed by atoms with Crippen LogP contribution in [0.4, 0.5) is 26.3 Å². The van der Waals surface area contributed by atoms with Crippen LogP contribution in [0.3, 0.4) is 0 Å². The molecular weight excluding hydrogens is 540 g/mol. The van der Waals surface area contributed by atoms with Gasteiger partial charge in [-0.3, -0.25) is 4.79 Å². The van der Waals surface area contributed by atoms with E-state index in [1.165, 1.54) is 23.5 Å². The van der Waals surface area contributed by atoms with Gasteiger partial charge in [-0.15, -0.1) is 11.3 Å². The molecule has 2 N–H and O–H groups in total. The molecule has 1 aromatic carbocycles. The van der Waals surface area contributed by atoms with Crippen LogP contribution in [0.1, 0.15) is 41.5 Å². The molecule has 0 radical (unpaired) electrons. The SMILES string of the molecule is CCc1ccc(C2=C(n3nn[nH]c3=O)C(=O)N[C@@](c3ccc(OCCCC(F)(F)F)cc3)(C(F)(F)F)C2)s1. The van der Waals surface area contributed by atoms with Gasteiger partial charge in [0.2, 0.25) is 0 Å². The highest BCUT2D eigenvalue weighted by molar-refractivity contribution is 7.13. The fourth-order valence-electron chi connectivity index (χ4n) is 4.09. The molecule has 0 aliphatic carbocycles. The van der Waals surface area contributed by atoms with Gasteiger partial charge >= 0.3 is 18.0 Å². The van der Waals surface area contributed by atoms with E-state index in [9.17, 15) is 35.9 Å². The van der Waals surface area contributed by atoms with Gasteiger partial charge in [-0.1, -0.05) is 19.1 Å². The largest absolute Gasteiger partial charge is 0.494 e. The van der Waals surface area contributed by atoms with Crippen LogP contribution in [-0.4, -0.2) is 45.1 Å². The number of aromatic amines is 1. The molecule has 1 atom stereocenters. The number of hydrogen-bond donors (Lipinski definition) is 2. The van der Waals surface area contributed by atoms with E-state index < -0.39 is 42.3 Å². The number of ether oxygens (including phenoxy) is 1. The van der Waals surface area contributed by atoms with E-state index in [1.54, 1.807) is 12.1 Å². The molecule has 4 rings (SSSR count). The van der Waals surface area contributed by atoms with Crippen molar-refractivity contribution in [1.82, 2.24) is 25.5 Å². The first-order valence-electron chi connectivity index (χ1n) is 11.4. The average molecular weight is 562 g/mol. The molecule has 1 aliphatic heterocycles. The van der Waals surface area contributed by atoms with Crippen LogP contribution < -0.4 is 15.7 Å². The monoisotopic (exact) mass is 561 g/mol. The van der Waals surface area contributed by atoms with Gasteiger partial charge in [-0.25, -0.2) is 9.89 Å². The Kier molecular flexibility index (Phi) is 7.41. The standard InChI is InChI=1S/C23H21F6N5O3S/c1-2-15-8-9-17(38-15)16-12-21(23(27,28)29,30-19(35)18(16)34-20(36)31-32-33-34)13-4-6-14(7-5-13)37-11-3-10-22(24,25)26/h4-9H,2-3,10-12H2,1H3,(H,30,35)(H,31,33,36)/t21-/m0/s1. The normalized spacial score (nSPS) is 18.6. The lowest BCUT2D eigenvalue weighted by atomic mass is 9.79. The van der Waals surface area contributed by atoms with Crippen molar-refractivity contribution < 1.29 is 35.9 Å². The van der Waals surface area contributed by atoms with Crippen LogP contribution in [0.5, 0.6) is 5.75 Å². The van der Waals surface area contributed by atoms with Crippen LogP contribution in [0.25, 0.3) is 11.3 Å². The van der Waals surface area contributed by atoms with Gasteiger partial charge in [-0.2, -0.15) is 31.0 Å². The summed E-state index contributed by atoms with van der Waals surface area (Å²) in [6.07, 6.45) is -10.8. The van der Waals surface area contributed by atoms with E-state index in [1.807, 2.05) is 17.3 Å². The smallest absolute Gasteiger partial charge is 0.416 e. The highest BCUT2D eigenvalue weighted by atomic mass is 32.1. The number of carbonyl (C=O) groups is 1. The number of alkyl halides is 6. The first-order valence-corrected chi connectivity index (χ1v) is 12.2. The molecule has 0 spiro atoms. The van der Waals surface area contributed by atoms with E-state index >= 15 is 0 Å². The van der Waals surface area contributed by atoms with E-state index in [-0.39, 0.29) is 35.6 Å². The minimum Gasteiger partial charge on any atom is -0.494 e. The minimum atomic E-state index is -4.98. The molecule has 0 unspecified atom stereocenters. The summed E-state index contributed by atoms with van der Waals surface area (Å²) in [7, 11) is 0. The van der Waals surface area contributed by atoms with Crippen molar-refractivity contribution in [1.29, 1.82) is 0 Å². The van der Waals surface area contributed by atoms with Crippen LogP contribution in [0.2, 0.25) is 0 Å². The fraction of sp³-hybridized carbons (Fsp3) is 0.391. The number of thiophene rings is 1. The molecule has 1 amide bonds. The highest BCUT2D eigenvalue weighted by Crippen LogP contribution is 2.49. The van der Waals surface area contributed by atoms with Crippen molar-refractivity contribution in [2.45, 2.75) is 50.5 Å². The number of nitrogens with zero attached hydrogens (tertiary/aromatic N) is 3. The quantitative estimate of drug-likeness (QED) is 0.308. The second-order valence-corrected chi connectivity index (χ2v) is 9.66. The van der Waals surface area contributed by atoms with Crippen molar-refractivity contribution in [2.75, 3.05) is 6.61 Å². The Hall–Kier alpha value is -3.62. The van der Waals surface area contributed by atoms with Crippen molar-refractivity contribution in [3.05, 3.63) is 62.2 Å². The van der Waals surface area contributed by atoms with Gasteiger partial charge < -0.3 is 10.1 Å². The topological polar surface area (TPSA) is 102 Å². The maximum absolute atomic E-state index is 14.8. The Morgan fingerprint density at radius 2 is 1.79 bits per heavy atom. The number of hydrogen-bond acceptors (Lipinski definition) is 6. The van der Waals surface area contributed by atoms with Crippen LogP contribution >= 0.6 is 11.3 Å². The molecule has 0 fully saturated rings. The van der Waals surface area contributed by atoms with E-state index in [0.717, 1.165) is 17.0 Å². The van der Waals surface area contributed by atoms with Crippen molar-refractivity contribution >= 4 is 28.5 Å². The molecule has 2 aromatic heterocycles. The number of aryl methyl sites for hydroxylation is 1. The Morgan fingerprint density at radius 3 is 2.34 bits per heavy atom. The summed E-state index contributed by atoms with van der Waals surface area (Å²) in [4.78, 5) is 26.7. The number of nitrogens with one attached hydrogen (secondary N) is 2. The van der Waals surface area contributed by atoms with Crippen molar-refractivity contribution in [3.8, 4) is 5.75 Å². The third-order valence-corrected chi connectivity index (χ3v) is 7.26. The number of rotatable bonds is 8. The fourth-order valence-corrected chi connectivity index (χ4v) is 5.08. The molecule has 38 heavy (non-hydrogen) atoms. The molecule has 204 valence electrons. The van der Waals surface area contributed by atoms with Gasteiger partial charge in [0.05, 0.1) is 6.61 Å². The van der Waals surface area contributed by atoms with E-state index in [2.05, 4.69) is 10.4 Å². The Morgan fingerprint density at radius 1 is 1.08 bits per heavy atom. The summed E-state index contributed by atoms with van der Waals surface area (Å²) in [5.41, 5.74) is -4.51. The molecule has 0 saturated carbocycles. The number of tetrazole rings is 1. The third kappa shape index (κ3) is 5.47. The van der Waals surface area contributed by atoms with Gasteiger partial charge in [0.15, 0.2) is 5.54 Å². The molecule has 3 heterocycles. The van der Waals surface area contributed by atoms with Gasteiger partial charge in [-0.05, 0) is 53.1 Å². The van der Waals surface area contributed by atoms with Crippen LogP contribution in [-0.2, 0) is 16.8 Å². The van der Waals surface area contributed by atoms with E-state index in [0.29, 0.717) is 16.0 Å². The second kappa shape index (κ2) is 10.3. The first kappa shape index (κ1) is 27.4. The zero-order valence-corrected chi connectivity index (χ0v) is 20.6. The Balaban J connectivity index is 1.74. The molecule has 0 bridgehead atoms. The molecule has 15 heteroatoms. The van der Waals surface area contributed by atoms with Gasteiger partial charge in [0, 0.05) is 28.2 Å². The highest BCUT2D eigenvalue weighted by Gasteiger charge is 2.60. The second-order valence-electron chi connectivity index (χ2n) is 8.49. The van der Waals surface area contributed by atoms with Gasteiger partial charge in [0.1, 0.15) is 11.4 Å². The summed E-state index contributed by atoms with van der Waals surface area (Å²) >= 11 is 1.19. The van der Waals surface area contributed by atoms with Crippen molar-refractivity contribution in [3.63, 3.8) is 0 Å². The summed E-state index contributed by atoms with van der Waals surface area (Å²) in [5.74, 6) is -1.11. The Labute approximate surface area is 215 Å². The van der Waals surface area contributed by atoms with Crippen LogP contribution in [0, 0.1) is 0 Å². The molecular formula is C23H21F6N5O3S. The van der Waals surface area contributed by atoms with Crippen molar-refractivity contribution in [2.24, 2.45) is 0 Å². The zero-order valence-electron chi connectivity index (χ0n) is 19.7. The number of carbonyl (C=O) groups excluding carboxylic acids is 1. The number of aromatic nitrogens is 4. The van der Waals surface area contributed by atoms with E-state index in [4.69, 9.17) is 4.74 Å². The van der Waals surface area contributed by atoms with Crippen LogP contribution in [0.15, 0.2) is 41.2 Å². The summed E-state index contributed by atoms with van der Waals surface area (Å²) in [6.45, 7) is 1.59.